The Morgan fingerprint density at radius 2 is 1.49 bits per heavy atom. The molecule has 0 aliphatic carbocycles. The maximum absolute atomic E-state index is 14.2. The summed E-state index contributed by atoms with van der Waals surface area (Å²) in [4.78, 5) is 44.8. The lowest BCUT2D eigenvalue weighted by Crippen LogP contribution is -2.54. The van der Waals surface area contributed by atoms with Crippen molar-refractivity contribution in [3.63, 3.8) is 0 Å². The summed E-state index contributed by atoms with van der Waals surface area (Å²) >= 11 is 0. The zero-order valence-electron chi connectivity index (χ0n) is 21.9. The highest BCUT2D eigenvalue weighted by Crippen LogP contribution is 2.46. The van der Waals surface area contributed by atoms with Crippen molar-refractivity contribution in [3.05, 3.63) is 53.1 Å². The molecule has 0 spiro atoms. The van der Waals surface area contributed by atoms with Crippen molar-refractivity contribution in [3.8, 4) is 17.2 Å². The fourth-order valence-corrected chi connectivity index (χ4v) is 5.05. The highest BCUT2D eigenvalue weighted by Gasteiger charge is 2.45. The van der Waals surface area contributed by atoms with Crippen LogP contribution in [0.15, 0.2) is 36.4 Å². The Morgan fingerprint density at radius 1 is 0.892 bits per heavy atom. The van der Waals surface area contributed by atoms with Crippen LogP contribution >= 0.6 is 0 Å². The predicted molar refractivity (Wildman–Crippen MR) is 135 cm³/mol. The van der Waals surface area contributed by atoms with Gasteiger partial charge in [-0.25, -0.2) is 4.79 Å². The van der Waals surface area contributed by atoms with E-state index in [0.717, 1.165) is 5.56 Å². The van der Waals surface area contributed by atoms with Gasteiger partial charge in [-0.15, -0.1) is 0 Å². The van der Waals surface area contributed by atoms with E-state index in [1.807, 2.05) is 24.3 Å². The zero-order chi connectivity index (χ0) is 26.7. The summed E-state index contributed by atoms with van der Waals surface area (Å²) in [6.45, 7) is 3.54. The van der Waals surface area contributed by atoms with Gasteiger partial charge in [0.2, 0.25) is 5.91 Å². The number of hydrogen-bond donors (Lipinski definition) is 0. The lowest BCUT2D eigenvalue weighted by Gasteiger charge is -2.43. The maximum Gasteiger partial charge on any atom is 0.409 e. The summed E-state index contributed by atoms with van der Waals surface area (Å²) in [6.07, 6.45) is -0.379. The molecule has 1 saturated heterocycles. The Balaban J connectivity index is 1.76. The Bertz CT molecular complexity index is 1160. The van der Waals surface area contributed by atoms with Crippen LogP contribution in [0, 0.1) is 0 Å². The van der Waals surface area contributed by atoms with E-state index in [0.29, 0.717) is 61.2 Å². The van der Waals surface area contributed by atoms with Crippen molar-refractivity contribution in [1.82, 2.24) is 14.7 Å². The van der Waals surface area contributed by atoms with Crippen molar-refractivity contribution in [2.45, 2.75) is 18.9 Å². The van der Waals surface area contributed by atoms with E-state index in [4.69, 9.17) is 18.9 Å². The number of fused-ring (bicyclic) bond motifs is 1. The predicted octanol–water partition coefficient (Wildman–Crippen LogP) is 2.92. The number of carbonyl (C=O) groups excluding carboxylic acids is 3. The van der Waals surface area contributed by atoms with Gasteiger partial charge in [0.1, 0.15) is 5.75 Å². The van der Waals surface area contributed by atoms with Gasteiger partial charge < -0.3 is 33.6 Å². The lowest BCUT2D eigenvalue weighted by atomic mass is 9.78. The fourth-order valence-electron chi connectivity index (χ4n) is 5.05. The van der Waals surface area contributed by atoms with Crippen molar-refractivity contribution in [2.75, 3.05) is 61.2 Å². The number of ether oxygens (including phenoxy) is 4. The molecule has 2 aliphatic rings. The van der Waals surface area contributed by atoms with Gasteiger partial charge >= 0.3 is 6.09 Å². The molecular weight excluding hydrogens is 478 g/mol. The SMILES string of the molecule is CCOC(=O)N1CCN(C(=O)[C@@H]2c3cc(OC)c(OC)cc3C(=O)N(C)[C@H]2c2ccc(OC)cc2)CC1. The summed E-state index contributed by atoms with van der Waals surface area (Å²) in [5.41, 5.74) is 1.79. The molecule has 3 amide bonds. The Morgan fingerprint density at radius 3 is 2.05 bits per heavy atom. The average Bonchev–Trinajstić information content (AvgIpc) is 2.94. The van der Waals surface area contributed by atoms with Gasteiger partial charge in [0.15, 0.2) is 11.5 Å². The minimum Gasteiger partial charge on any atom is -0.497 e. The summed E-state index contributed by atoms with van der Waals surface area (Å²) in [6, 6.07) is 10.2. The van der Waals surface area contributed by atoms with Gasteiger partial charge in [0.05, 0.1) is 39.9 Å². The third-order valence-corrected chi connectivity index (χ3v) is 7.02. The van der Waals surface area contributed by atoms with Crippen LogP contribution in [0.4, 0.5) is 4.79 Å². The topological polar surface area (TPSA) is 97.8 Å². The van der Waals surface area contributed by atoms with Gasteiger partial charge in [-0.2, -0.15) is 0 Å². The average molecular weight is 512 g/mol. The van der Waals surface area contributed by atoms with Gasteiger partial charge in [0.25, 0.3) is 5.91 Å². The first-order valence-corrected chi connectivity index (χ1v) is 12.2. The van der Waals surface area contributed by atoms with Crippen LogP contribution in [0.1, 0.15) is 40.4 Å². The van der Waals surface area contributed by atoms with E-state index in [9.17, 15) is 14.4 Å². The number of amides is 3. The first-order chi connectivity index (χ1) is 17.8. The number of likely N-dealkylation sites (N-methyl/N-ethyl adjacent to an activating group) is 1. The molecule has 2 aromatic rings. The van der Waals surface area contributed by atoms with E-state index in [-0.39, 0.29) is 17.9 Å². The van der Waals surface area contributed by atoms with Crippen molar-refractivity contribution < 1.29 is 33.3 Å². The highest BCUT2D eigenvalue weighted by molar-refractivity contribution is 6.02. The number of methoxy groups -OCH3 is 3. The molecule has 0 aromatic heterocycles. The number of nitrogens with zero attached hydrogens (tertiary/aromatic N) is 3. The number of hydrogen-bond acceptors (Lipinski definition) is 7. The van der Waals surface area contributed by atoms with Crippen molar-refractivity contribution in [1.29, 1.82) is 0 Å². The number of rotatable bonds is 6. The van der Waals surface area contributed by atoms with Gasteiger partial charge in [-0.05, 0) is 42.3 Å². The summed E-state index contributed by atoms with van der Waals surface area (Å²) < 4.78 is 21.4. The third-order valence-electron chi connectivity index (χ3n) is 7.02. The Hall–Kier alpha value is -3.95. The normalized spacial score (nSPS) is 19.3. The summed E-state index contributed by atoms with van der Waals surface area (Å²) in [5, 5.41) is 0. The minimum atomic E-state index is -0.694. The van der Waals surface area contributed by atoms with Crippen LogP contribution < -0.4 is 14.2 Å². The molecule has 2 aliphatic heterocycles. The molecule has 2 atom stereocenters. The van der Waals surface area contributed by atoms with Crippen LogP contribution in [0.5, 0.6) is 17.2 Å². The van der Waals surface area contributed by atoms with Gasteiger partial charge in [-0.3, -0.25) is 9.59 Å². The van der Waals surface area contributed by atoms with Crippen LogP contribution in [0.2, 0.25) is 0 Å². The Labute approximate surface area is 216 Å². The Kier molecular flexibility index (Phi) is 7.75. The van der Waals surface area contributed by atoms with Crippen molar-refractivity contribution >= 4 is 17.9 Å². The molecule has 0 unspecified atom stereocenters. The van der Waals surface area contributed by atoms with Crippen LogP contribution in [0.3, 0.4) is 0 Å². The van der Waals surface area contributed by atoms with Gasteiger partial charge in [-0.1, -0.05) is 12.1 Å². The van der Waals surface area contributed by atoms with Crippen LogP contribution in [-0.4, -0.2) is 93.8 Å². The monoisotopic (exact) mass is 511 g/mol. The van der Waals surface area contributed by atoms with Crippen LogP contribution in [-0.2, 0) is 9.53 Å². The molecule has 0 bridgehead atoms. The van der Waals surface area contributed by atoms with Gasteiger partial charge in [0, 0.05) is 38.8 Å². The van der Waals surface area contributed by atoms with E-state index in [1.165, 1.54) is 14.2 Å². The second-order valence-electron chi connectivity index (χ2n) is 8.92. The molecule has 0 saturated carbocycles. The molecule has 10 nitrogen and oxygen atoms in total. The molecule has 1 fully saturated rings. The summed E-state index contributed by atoms with van der Waals surface area (Å²) in [7, 11) is 6.32. The third kappa shape index (κ3) is 4.87. The number of carbonyl (C=O) groups is 3. The van der Waals surface area contributed by atoms with Crippen molar-refractivity contribution in [2.24, 2.45) is 0 Å². The molecule has 198 valence electrons. The fraction of sp³-hybridized carbons (Fsp3) is 0.444. The minimum absolute atomic E-state index is 0.128. The van der Waals surface area contributed by atoms with E-state index in [1.54, 1.807) is 47.9 Å². The van der Waals surface area contributed by atoms with E-state index in [2.05, 4.69) is 0 Å². The molecule has 2 aromatic carbocycles. The lowest BCUT2D eigenvalue weighted by molar-refractivity contribution is -0.136. The molecule has 10 heteroatoms. The largest absolute Gasteiger partial charge is 0.497 e. The zero-order valence-corrected chi connectivity index (χ0v) is 21.9. The number of piperazine rings is 1. The smallest absolute Gasteiger partial charge is 0.409 e. The molecule has 0 radical (unpaired) electrons. The van der Waals surface area contributed by atoms with E-state index >= 15 is 0 Å². The molecule has 2 heterocycles. The molecule has 37 heavy (non-hydrogen) atoms. The molecule has 0 N–H and O–H groups in total. The van der Waals surface area contributed by atoms with E-state index < -0.39 is 12.0 Å². The number of benzene rings is 2. The quantitative estimate of drug-likeness (QED) is 0.588. The molecule has 4 rings (SSSR count). The standard InChI is InChI=1S/C27H33N3O7/c1-6-37-27(33)30-13-11-29(12-14-30)26(32)23-19-15-21(35-4)22(36-5)16-20(19)25(31)28(2)24(23)17-7-9-18(34-3)10-8-17/h7-10,15-16,23-24H,6,11-14H2,1-5H3/t23-,24+/m1/s1. The van der Waals surface area contributed by atoms with Crippen LogP contribution in [0.25, 0.3) is 0 Å². The first-order valence-electron chi connectivity index (χ1n) is 12.2. The second kappa shape index (κ2) is 11.0. The highest BCUT2D eigenvalue weighted by atomic mass is 16.6. The maximum atomic E-state index is 14.2. The summed E-state index contributed by atoms with van der Waals surface area (Å²) in [5.74, 6) is 0.501. The first kappa shape index (κ1) is 26.1. The second-order valence-corrected chi connectivity index (χ2v) is 8.92. The molecular formula is C27H33N3O7.